The molecule has 0 spiro atoms. The number of methoxy groups -OCH3 is 2. The molecule has 1 aromatic rings. The largest absolute Gasteiger partial charge is 0.497 e. The molecule has 2 saturated carbocycles. The van der Waals surface area contributed by atoms with Gasteiger partial charge in [-0.25, -0.2) is 5.43 Å². The number of hydrogen-bond donors (Lipinski definition) is 1. The quantitative estimate of drug-likeness (QED) is 0.671. The van der Waals surface area contributed by atoms with Crippen molar-refractivity contribution < 1.29 is 14.3 Å². The van der Waals surface area contributed by atoms with Gasteiger partial charge in [0, 0.05) is 11.5 Å². The van der Waals surface area contributed by atoms with Crippen LogP contribution in [-0.2, 0) is 4.79 Å². The van der Waals surface area contributed by atoms with Crippen molar-refractivity contribution in [2.75, 3.05) is 14.2 Å². The minimum atomic E-state index is 0.0394. The van der Waals surface area contributed by atoms with Crippen molar-refractivity contribution in [3.8, 4) is 11.5 Å². The average molecular weight is 316 g/mol. The Morgan fingerprint density at radius 1 is 1.35 bits per heavy atom. The molecule has 0 unspecified atom stereocenters. The highest BCUT2D eigenvalue weighted by Crippen LogP contribution is 2.66. The van der Waals surface area contributed by atoms with Gasteiger partial charge in [0.1, 0.15) is 11.5 Å². The Bertz CT molecular complexity index is 629. The summed E-state index contributed by atoms with van der Waals surface area (Å²) < 4.78 is 10.5. The number of benzene rings is 1. The van der Waals surface area contributed by atoms with E-state index in [2.05, 4.69) is 17.5 Å². The minimum absolute atomic E-state index is 0.0394. The minimum Gasteiger partial charge on any atom is -0.497 e. The van der Waals surface area contributed by atoms with Gasteiger partial charge in [-0.15, -0.1) is 0 Å². The van der Waals surface area contributed by atoms with Crippen LogP contribution >= 0.6 is 0 Å². The number of nitrogens with zero attached hydrogens (tertiary/aromatic N) is 1. The molecule has 3 atom stereocenters. The van der Waals surface area contributed by atoms with Gasteiger partial charge in [-0.1, -0.05) is 19.8 Å². The van der Waals surface area contributed by atoms with E-state index < -0.39 is 0 Å². The lowest BCUT2D eigenvalue weighted by molar-refractivity contribution is -0.123. The van der Waals surface area contributed by atoms with Crippen LogP contribution in [0, 0.1) is 17.3 Å². The molecule has 0 aliphatic heterocycles. The van der Waals surface area contributed by atoms with Gasteiger partial charge in [-0.3, -0.25) is 4.79 Å². The third kappa shape index (κ3) is 2.92. The fourth-order valence-corrected chi connectivity index (χ4v) is 4.03. The molecule has 1 aromatic carbocycles. The van der Waals surface area contributed by atoms with Gasteiger partial charge in [0.2, 0.25) is 5.91 Å². The van der Waals surface area contributed by atoms with Crippen molar-refractivity contribution >= 4 is 12.1 Å². The van der Waals surface area contributed by atoms with Crippen molar-refractivity contribution in [2.45, 2.75) is 32.6 Å². The van der Waals surface area contributed by atoms with E-state index in [0.29, 0.717) is 11.7 Å². The summed E-state index contributed by atoms with van der Waals surface area (Å²) >= 11 is 0. The van der Waals surface area contributed by atoms with Crippen molar-refractivity contribution in [1.82, 2.24) is 5.43 Å². The zero-order valence-electron chi connectivity index (χ0n) is 14.0. The maximum absolute atomic E-state index is 12.4. The number of amides is 1. The fourth-order valence-electron chi connectivity index (χ4n) is 4.03. The van der Waals surface area contributed by atoms with Crippen LogP contribution in [0.3, 0.4) is 0 Å². The fraction of sp³-hybridized carbons (Fsp3) is 0.556. The van der Waals surface area contributed by atoms with Crippen LogP contribution in [0.25, 0.3) is 0 Å². The van der Waals surface area contributed by atoms with Gasteiger partial charge < -0.3 is 9.47 Å². The van der Waals surface area contributed by atoms with E-state index in [1.165, 1.54) is 19.3 Å². The van der Waals surface area contributed by atoms with E-state index in [1.807, 2.05) is 18.2 Å². The highest BCUT2D eigenvalue weighted by Gasteiger charge is 2.64. The Morgan fingerprint density at radius 2 is 2.17 bits per heavy atom. The molecule has 5 heteroatoms. The molecular weight excluding hydrogens is 292 g/mol. The van der Waals surface area contributed by atoms with Crippen molar-refractivity contribution in [2.24, 2.45) is 22.4 Å². The number of ether oxygens (including phenoxy) is 2. The first kappa shape index (κ1) is 15.8. The second-order valence-electron chi connectivity index (χ2n) is 6.68. The van der Waals surface area contributed by atoms with Gasteiger partial charge in [0.05, 0.1) is 20.4 Å². The molecule has 0 aromatic heterocycles. The van der Waals surface area contributed by atoms with E-state index in [1.54, 1.807) is 20.4 Å². The van der Waals surface area contributed by atoms with Gasteiger partial charge in [0.15, 0.2) is 0 Å². The van der Waals surface area contributed by atoms with Crippen molar-refractivity contribution in [3.05, 3.63) is 23.8 Å². The maximum atomic E-state index is 12.4. The number of fused-ring (bicyclic) bond motifs is 1. The summed E-state index contributed by atoms with van der Waals surface area (Å²) in [6.45, 7) is 2.23. The van der Waals surface area contributed by atoms with Crippen LogP contribution in [0.1, 0.15) is 38.2 Å². The lowest BCUT2D eigenvalue weighted by Gasteiger charge is -2.15. The normalized spacial score (nSPS) is 29.0. The van der Waals surface area contributed by atoms with Gasteiger partial charge in [-0.05, 0) is 42.4 Å². The summed E-state index contributed by atoms with van der Waals surface area (Å²) in [6.07, 6.45) is 6.41. The highest BCUT2D eigenvalue weighted by atomic mass is 16.5. The Labute approximate surface area is 137 Å². The van der Waals surface area contributed by atoms with Crippen molar-refractivity contribution in [3.63, 3.8) is 0 Å². The topological polar surface area (TPSA) is 59.9 Å². The molecule has 0 bridgehead atoms. The molecule has 124 valence electrons. The smallest absolute Gasteiger partial charge is 0.244 e. The predicted octanol–water partition coefficient (Wildman–Crippen LogP) is 2.98. The van der Waals surface area contributed by atoms with Crippen LogP contribution in [0.2, 0.25) is 0 Å². The molecule has 0 saturated heterocycles. The van der Waals surface area contributed by atoms with E-state index >= 15 is 0 Å². The molecule has 1 amide bonds. The standard InChI is InChI=1S/C18H24N2O3/c1-18-9-5-4-6-14(18)16(18)17(21)20-19-11-12-10-13(22-2)7-8-15(12)23-3/h7-8,10-11,14,16H,4-6,9H2,1-3H3,(H,20,21)/b19-11-/t14-,16+,18-/m1/s1. The molecule has 0 heterocycles. The predicted molar refractivity (Wildman–Crippen MR) is 88.8 cm³/mol. The molecule has 2 aliphatic carbocycles. The molecular formula is C18H24N2O3. The van der Waals surface area contributed by atoms with Gasteiger partial charge in [-0.2, -0.15) is 5.10 Å². The monoisotopic (exact) mass is 316 g/mol. The van der Waals surface area contributed by atoms with Crippen molar-refractivity contribution in [1.29, 1.82) is 0 Å². The molecule has 3 rings (SSSR count). The lowest BCUT2D eigenvalue weighted by atomic mass is 9.90. The average Bonchev–Trinajstić information content (AvgIpc) is 3.20. The zero-order valence-corrected chi connectivity index (χ0v) is 14.0. The number of carbonyl (C=O) groups is 1. The Morgan fingerprint density at radius 3 is 2.83 bits per heavy atom. The van der Waals surface area contributed by atoms with E-state index in [0.717, 1.165) is 17.7 Å². The highest BCUT2D eigenvalue weighted by molar-refractivity contribution is 5.87. The maximum Gasteiger partial charge on any atom is 0.244 e. The summed E-state index contributed by atoms with van der Waals surface area (Å²) in [5.74, 6) is 2.11. The number of rotatable bonds is 5. The summed E-state index contributed by atoms with van der Waals surface area (Å²) in [5.41, 5.74) is 3.67. The molecule has 0 radical (unpaired) electrons. The molecule has 1 N–H and O–H groups in total. The summed E-state index contributed by atoms with van der Waals surface area (Å²) in [7, 11) is 3.22. The zero-order chi connectivity index (χ0) is 16.4. The number of hydrazone groups is 1. The molecule has 2 fully saturated rings. The van der Waals surface area contributed by atoms with Crippen LogP contribution < -0.4 is 14.9 Å². The van der Waals surface area contributed by atoms with E-state index in [-0.39, 0.29) is 17.2 Å². The van der Waals surface area contributed by atoms with Crippen LogP contribution in [0.15, 0.2) is 23.3 Å². The molecule has 23 heavy (non-hydrogen) atoms. The summed E-state index contributed by atoms with van der Waals surface area (Å²) in [6, 6.07) is 5.47. The Hall–Kier alpha value is -2.04. The first-order valence-electron chi connectivity index (χ1n) is 8.15. The second kappa shape index (κ2) is 6.22. The van der Waals surface area contributed by atoms with E-state index in [9.17, 15) is 4.79 Å². The lowest BCUT2D eigenvalue weighted by Crippen LogP contribution is -2.22. The van der Waals surface area contributed by atoms with Crippen LogP contribution in [0.4, 0.5) is 0 Å². The number of carbonyl (C=O) groups excluding carboxylic acids is 1. The van der Waals surface area contributed by atoms with E-state index in [4.69, 9.17) is 9.47 Å². The van der Waals surface area contributed by atoms with Crippen LogP contribution in [-0.4, -0.2) is 26.3 Å². The van der Waals surface area contributed by atoms with Gasteiger partial charge >= 0.3 is 0 Å². The Balaban J connectivity index is 1.64. The SMILES string of the molecule is COc1ccc(OC)c(/C=N\NC(=O)[C@@H]2[C@H]3CCCC[C@]32C)c1. The first-order valence-corrected chi connectivity index (χ1v) is 8.15. The summed E-state index contributed by atoms with van der Waals surface area (Å²) in [5, 5.41) is 4.12. The number of hydrogen-bond acceptors (Lipinski definition) is 4. The van der Waals surface area contributed by atoms with Gasteiger partial charge in [0.25, 0.3) is 0 Å². The molecule has 2 aliphatic rings. The third-order valence-electron chi connectivity index (χ3n) is 5.43. The second-order valence-corrected chi connectivity index (χ2v) is 6.68. The number of nitrogens with one attached hydrogen (secondary N) is 1. The molecule has 5 nitrogen and oxygen atoms in total. The van der Waals surface area contributed by atoms with Crippen LogP contribution in [0.5, 0.6) is 11.5 Å². The Kier molecular flexibility index (Phi) is 4.28. The first-order chi connectivity index (χ1) is 11.1. The third-order valence-corrected chi connectivity index (χ3v) is 5.43. The summed E-state index contributed by atoms with van der Waals surface area (Å²) in [4.78, 5) is 12.4.